The second-order valence-corrected chi connectivity index (χ2v) is 8.29. The van der Waals surface area contributed by atoms with Crippen molar-refractivity contribution in [3.8, 4) is 5.75 Å². The molecule has 0 spiro atoms. The summed E-state index contributed by atoms with van der Waals surface area (Å²) in [7, 11) is 1.56. The number of hydrogen-bond acceptors (Lipinski definition) is 6. The largest absolute Gasteiger partial charge is 0.496 e. The molecule has 30 heavy (non-hydrogen) atoms. The van der Waals surface area contributed by atoms with E-state index in [9.17, 15) is 14.4 Å². The summed E-state index contributed by atoms with van der Waals surface area (Å²) in [6, 6.07) is 4.20. The lowest BCUT2D eigenvalue weighted by atomic mass is 10.1. The van der Waals surface area contributed by atoms with Crippen molar-refractivity contribution in [3.05, 3.63) is 27.3 Å². The van der Waals surface area contributed by atoms with E-state index in [1.54, 1.807) is 30.2 Å². The molecule has 2 rings (SSSR count). The smallest absolute Gasteiger partial charge is 0.308 e. The Hall–Kier alpha value is -1.95. The summed E-state index contributed by atoms with van der Waals surface area (Å²) in [6.07, 6.45) is 2.66. The zero-order valence-electron chi connectivity index (χ0n) is 17.0. The summed E-state index contributed by atoms with van der Waals surface area (Å²) in [5.74, 6) is -0.508. The van der Waals surface area contributed by atoms with E-state index in [2.05, 4.69) is 40.1 Å². The summed E-state index contributed by atoms with van der Waals surface area (Å²) < 4.78 is 11.2. The Morgan fingerprint density at radius 1 is 1.37 bits per heavy atom. The average molecular weight is 547 g/mol. The number of amides is 2. The van der Waals surface area contributed by atoms with Crippen LogP contribution in [0, 0.1) is 3.57 Å². The highest BCUT2D eigenvalue weighted by Crippen LogP contribution is 2.21. The number of nitrogens with one attached hydrogen (secondary N) is 2. The van der Waals surface area contributed by atoms with Crippen LogP contribution in [0.15, 0.2) is 18.2 Å². The second kappa shape index (κ2) is 12.0. The first-order valence-electron chi connectivity index (χ1n) is 9.76. The first-order valence-corrected chi connectivity index (χ1v) is 11.2. The number of thiocarbonyl (C=S) groups is 1. The minimum Gasteiger partial charge on any atom is -0.496 e. The molecule has 1 aromatic carbocycles. The number of esters is 1. The number of methoxy groups -OCH3 is 1. The van der Waals surface area contributed by atoms with Crippen LogP contribution >= 0.6 is 34.8 Å². The first-order chi connectivity index (χ1) is 14.4. The molecule has 0 radical (unpaired) electrons. The molecule has 164 valence electrons. The molecule has 1 aromatic rings. The third-order valence-electron chi connectivity index (χ3n) is 4.60. The number of rotatable bonds is 8. The Labute approximate surface area is 195 Å². The van der Waals surface area contributed by atoms with Gasteiger partial charge in [0.2, 0.25) is 5.91 Å². The molecule has 8 nitrogen and oxygen atoms in total. The Kier molecular flexibility index (Phi) is 9.76. The fraction of sp³-hybridized carbons (Fsp3) is 0.500. The van der Waals surface area contributed by atoms with Crippen molar-refractivity contribution in [1.82, 2.24) is 15.5 Å². The van der Waals surface area contributed by atoms with Crippen molar-refractivity contribution in [3.63, 3.8) is 0 Å². The molecule has 0 aromatic heterocycles. The Balaban J connectivity index is 2.00. The van der Waals surface area contributed by atoms with Crippen LogP contribution in [-0.4, -0.2) is 60.6 Å². The number of halogens is 1. The van der Waals surface area contributed by atoms with Gasteiger partial charge in [0.1, 0.15) is 11.8 Å². The quantitative estimate of drug-likeness (QED) is 0.223. The van der Waals surface area contributed by atoms with Crippen LogP contribution in [0.1, 0.15) is 43.0 Å². The van der Waals surface area contributed by atoms with Crippen LogP contribution in [0.2, 0.25) is 0 Å². The summed E-state index contributed by atoms with van der Waals surface area (Å²) >= 11 is 7.45. The molecule has 1 heterocycles. The van der Waals surface area contributed by atoms with Gasteiger partial charge in [0.25, 0.3) is 5.91 Å². The van der Waals surface area contributed by atoms with Crippen molar-refractivity contribution in [1.29, 1.82) is 0 Å². The molecule has 0 saturated carbocycles. The molecule has 1 unspecified atom stereocenters. The van der Waals surface area contributed by atoms with Gasteiger partial charge in [-0.3, -0.25) is 19.7 Å². The van der Waals surface area contributed by atoms with Crippen LogP contribution in [0.5, 0.6) is 5.75 Å². The first kappa shape index (κ1) is 24.3. The molecule has 1 saturated heterocycles. The second-order valence-electron chi connectivity index (χ2n) is 6.74. The van der Waals surface area contributed by atoms with Gasteiger partial charge in [-0.25, -0.2) is 0 Å². The molecule has 1 aliphatic heterocycles. The number of carbonyl (C=O) groups excluding carboxylic acids is 3. The third-order valence-corrected chi connectivity index (χ3v) is 5.78. The topological polar surface area (TPSA) is 97.0 Å². The maximum atomic E-state index is 12.6. The molecule has 10 heteroatoms. The van der Waals surface area contributed by atoms with Crippen molar-refractivity contribution in [2.45, 2.75) is 38.6 Å². The standard InChI is InChI=1S/C20H26IN3O5S/c1-3-4-5-10-29-17(25)12-15-19(27)22-8-9-24(15)20(30)23-18(26)13-6-7-16(28-2)14(21)11-13/h6-7,11,15H,3-5,8-10,12H2,1-2H3,(H,22,27)(H,23,26,30). The highest BCUT2D eigenvalue weighted by molar-refractivity contribution is 14.1. The van der Waals surface area contributed by atoms with E-state index in [1.165, 1.54) is 0 Å². The van der Waals surface area contributed by atoms with Crippen molar-refractivity contribution >= 4 is 57.7 Å². The number of unbranched alkanes of at least 4 members (excludes halogenated alkanes) is 2. The van der Waals surface area contributed by atoms with Gasteiger partial charge in [0, 0.05) is 18.7 Å². The van der Waals surface area contributed by atoms with Gasteiger partial charge in [0.15, 0.2) is 5.11 Å². The zero-order valence-corrected chi connectivity index (χ0v) is 20.0. The Morgan fingerprint density at radius 3 is 2.80 bits per heavy atom. The third kappa shape index (κ3) is 6.79. The molecule has 2 N–H and O–H groups in total. The van der Waals surface area contributed by atoms with E-state index in [4.69, 9.17) is 21.7 Å². The van der Waals surface area contributed by atoms with Gasteiger partial charge < -0.3 is 19.7 Å². The lowest BCUT2D eigenvalue weighted by molar-refractivity contribution is -0.147. The van der Waals surface area contributed by atoms with E-state index < -0.39 is 17.9 Å². The van der Waals surface area contributed by atoms with Crippen LogP contribution in [0.25, 0.3) is 0 Å². The monoisotopic (exact) mass is 547 g/mol. The molecular weight excluding hydrogens is 521 g/mol. The number of benzene rings is 1. The van der Waals surface area contributed by atoms with Gasteiger partial charge in [-0.2, -0.15) is 0 Å². The average Bonchev–Trinajstić information content (AvgIpc) is 2.72. The van der Waals surface area contributed by atoms with E-state index in [0.717, 1.165) is 22.8 Å². The summed E-state index contributed by atoms with van der Waals surface area (Å²) in [6.45, 7) is 3.16. The lowest BCUT2D eigenvalue weighted by Gasteiger charge is -2.36. The van der Waals surface area contributed by atoms with Crippen LogP contribution in [0.4, 0.5) is 0 Å². The highest BCUT2D eigenvalue weighted by atomic mass is 127. The number of carbonyl (C=O) groups is 3. The molecule has 1 fully saturated rings. The maximum Gasteiger partial charge on any atom is 0.308 e. The zero-order chi connectivity index (χ0) is 22.1. The fourth-order valence-corrected chi connectivity index (χ4v) is 4.01. The molecule has 1 aliphatic rings. The normalized spacial score (nSPS) is 15.9. The van der Waals surface area contributed by atoms with E-state index in [1.807, 2.05) is 0 Å². The van der Waals surface area contributed by atoms with Crippen LogP contribution in [-0.2, 0) is 14.3 Å². The van der Waals surface area contributed by atoms with E-state index in [0.29, 0.717) is 31.0 Å². The van der Waals surface area contributed by atoms with Gasteiger partial charge in [-0.1, -0.05) is 19.8 Å². The highest BCUT2D eigenvalue weighted by Gasteiger charge is 2.34. The van der Waals surface area contributed by atoms with E-state index >= 15 is 0 Å². The molecule has 0 bridgehead atoms. The SMILES string of the molecule is CCCCCOC(=O)CC1C(=O)NCCN1C(=S)NC(=O)c1ccc(OC)c(I)c1. The van der Waals surface area contributed by atoms with Crippen LogP contribution < -0.4 is 15.4 Å². The molecule has 0 aliphatic carbocycles. The Morgan fingerprint density at radius 2 is 2.13 bits per heavy atom. The van der Waals surface area contributed by atoms with Crippen molar-refractivity contribution in [2.75, 3.05) is 26.8 Å². The van der Waals surface area contributed by atoms with E-state index in [-0.39, 0.29) is 17.4 Å². The summed E-state index contributed by atoms with van der Waals surface area (Å²) in [4.78, 5) is 38.7. The van der Waals surface area contributed by atoms with Crippen molar-refractivity contribution < 1.29 is 23.9 Å². The maximum absolute atomic E-state index is 12.6. The molecular formula is C20H26IN3O5S. The number of piperazine rings is 1. The number of nitrogens with zero attached hydrogens (tertiary/aromatic N) is 1. The molecule has 2 amide bonds. The summed E-state index contributed by atoms with van der Waals surface area (Å²) in [5.41, 5.74) is 0.413. The van der Waals surface area contributed by atoms with Crippen LogP contribution in [0.3, 0.4) is 0 Å². The fourth-order valence-electron chi connectivity index (χ4n) is 2.96. The van der Waals surface area contributed by atoms with Gasteiger partial charge in [0.05, 0.1) is 23.7 Å². The van der Waals surface area contributed by atoms with Gasteiger partial charge >= 0.3 is 5.97 Å². The summed E-state index contributed by atoms with van der Waals surface area (Å²) in [5, 5.41) is 5.49. The lowest BCUT2D eigenvalue weighted by Crippen LogP contribution is -2.60. The van der Waals surface area contributed by atoms with Crippen molar-refractivity contribution in [2.24, 2.45) is 0 Å². The Bertz CT molecular complexity index is 805. The van der Waals surface area contributed by atoms with Gasteiger partial charge in [-0.05, 0) is 59.4 Å². The van der Waals surface area contributed by atoms with Gasteiger partial charge in [-0.15, -0.1) is 0 Å². The predicted molar refractivity (Wildman–Crippen MR) is 124 cm³/mol. The predicted octanol–water partition coefficient (Wildman–Crippen LogP) is 2.24. The number of hydrogen-bond donors (Lipinski definition) is 2. The minimum absolute atomic E-state index is 0.101. The minimum atomic E-state index is -0.818. The number of ether oxygens (including phenoxy) is 2. The molecule has 1 atom stereocenters.